The summed E-state index contributed by atoms with van der Waals surface area (Å²) in [6.07, 6.45) is 5.94. The maximum atomic E-state index is 11.4. The van der Waals surface area contributed by atoms with Gasteiger partial charge in [-0.25, -0.2) is 8.42 Å². The smallest absolute Gasteiger partial charge is 0.192 e. The molecule has 0 aromatic rings. The van der Waals surface area contributed by atoms with Gasteiger partial charge in [-0.2, -0.15) is 0 Å². The minimum atomic E-state index is -2.82. The van der Waals surface area contributed by atoms with Crippen LogP contribution in [-0.4, -0.2) is 45.5 Å². The summed E-state index contributed by atoms with van der Waals surface area (Å²) in [6.45, 7) is 5.92. The minimum Gasteiger partial charge on any atom is -0.356 e. The van der Waals surface area contributed by atoms with Gasteiger partial charge in [-0.1, -0.05) is 19.8 Å². The second-order valence-electron chi connectivity index (χ2n) is 5.29. The number of nitrogens with zero attached hydrogens (tertiary/aromatic N) is 1. The van der Waals surface area contributed by atoms with Crippen LogP contribution in [0.2, 0.25) is 0 Å². The summed E-state index contributed by atoms with van der Waals surface area (Å²) in [6, 6.07) is 0. The molecule has 0 amide bonds. The molecule has 0 saturated carbocycles. The maximum absolute atomic E-state index is 11.4. The summed E-state index contributed by atoms with van der Waals surface area (Å²) < 4.78 is 22.7. The molecule has 1 aliphatic rings. The van der Waals surface area contributed by atoms with Crippen molar-refractivity contribution >= 4 is 15.8 Å². The second kappa shape index (κ2) is 7.39. The number of hydrogen-bond acceptors (Lipinski definition) is 3. The Morgan fingerprint density at radius 1 is 1.47 bits per heavy atom. The lowest BCUT2D eigenvalue weighted by molar-refractivity contribution is 0.566. The van der Waals surface area contributed by atoms with Crippen LogP contribution < -0.4 is 10.6 Å². The third-order valence-electron chi connectivity index (χ3n) is 2.86. The molecule has 1 aliphatic heterocycles. The summed E-state index contributed by atoms with van der Waals surface area (Å²) in [5.74, 6) is 4.37. The zero-order chi connectivity index (χ0) is 14.3. The van der Waals surface area contributed by atoms with Crippen LogP contribution in [0.4, 0.5) is 0 Å². The third-order valence-corrected chi connectivity index (χ3v) is 4.69. The molecule has 0 aromatic carbocycles. The predicted molar refractivity (Wildman–Crippen MR) is 78.7 cm³/mol. The number of sulfone groups is 1. The van der Waals surface area contributed by atoms with Gasteiger partial charge in [0.1, 0.15) is 0 Å². The highest BCUT2D eigenvalue weighted by molar-refractivity contribution is 7.91. The molecule has 19 heavy (non-hydrogen) atoms. The molecule has 0 spiro atoms. The van der Waals surface area contributed by atoms with Crippen molar-refractivity contribution in [2.45, 2.75) is 20.3 Å². The van der Waals surface area contributed by atoms with E-state index in [0.717, 1.165) is 6.42 Å². The fourth-order valence-electron chi connectivity index (χ4n) is 1.86. The van der Waals surface area contributed by atoms with Gasteiger partial charge in [0.2, 0.25) is 0 Å². The second-order valence-corrected chi connectivity index (χ2v) is 7.52. The number of aliphatic imine (C=N–C) groups is 1. The number of hydrogen-bond donors (Lipinski definition) is 2. The molecule has 0 bridgehead atoms. The molecule has 1 atom stereocenters. The van der Waals surface area contributed by atoms with Crippen LogP contribution in [-0.2, 0) is 9.84 Å². The van der Waals surface area contributed by atoms with Crippen LogP contribution >= 0.6 is 0 Å². The van der Waals surface area contributed by atoms with Crippen LogP contribution in [0.15, 0.2) is 4.99 Å². The normalized spacial score (nSPS) is 22.2. The van der Waals surface area contributed by atoms with Crippen molar-refractivity contribution < 1.29 is 8.42 Å². The van der Waals surface area contributed by atoms with Crippen LogP contribution in [0.1, 0.15) is 20.3 Å². The number of terminal acetylenes is 1. The van der Waals surface area contributed by atoms with Gasteiger partial charge in [0.15, 0.2) is 15.8 Å². The van der Waals surface area contributed by atoms with Crippen molar-refractivity contribution in [1.29, 1.82) is 0 Å². The topological polar surface area (TPSA) is 70.6 Å². The van der Waals surface area contributed by atoms with Crippen molar-refractivity contribution in [3.05, 3.63) is 0 Å². The van der Waals surface area contributed by atoms with E-state index >= 15 is 0 Å². The van der Waals surface area contributed by atoms with Crippen LogP contribution in [0.5, 0.6) is 0 Å². The van der Waals surface area contributed by atoms with E-state index in [0.29, 0.717) is 37.3 Å². The fraction of sp³-hybridized carbons (Fsp3) is 0.769. The van der Waals surface area contributed by atoms with Gasteiger partial charge in [-0.3, -0.25) is 4.99 Å². The van der Waals surface area contributed by atoms with Crippen LogP contribution in [0.25, 0.3) is 0 Å². The van der Waals surface area contributed by atoms with Crippen molar-refractivity contribution in [1.82, 2.24) is 10.6 Å². The van der Waals surface area contributed by atoms with E-state index in [1.165, 1.54) is 0 Å². The molecule has 1 heterocycles. The Kier molecular flexibility index (Phi) is 6.16. The van der Waals surface area contributed by atoms with E-state index in [1.54, 1.807) is 0 Å². The zero-order valence-electron chi connectivity index (χ0n) is 11.6. The molecule has 5 nitrogen and oxygen atoms in total. The summed E-state index contributed by atoms with van der Waals surface area (Å²) >= 11 is 0. The lowest BCUT2D eigenvalue weighted by Crippen LogP contribution is -2.40. The van der Waals surface area contributed by atoms with E-state index in [9.17, 15) is 8.42 Å². The van der Waals surface area contributed by atoms with Crippen molar-refractivity contribution in [2.24, 2.45) is 16.8 Å². The van der Waals surface area contributed by atoms with Crippen molar-refractivity contribution in [3.8, 4) is 12.3 Å². The van der Waals surface area contributed by atoms with Gasteiger partial charge in [0, 0.05) is 13.1 Å². The SMILES string of the molecule is C#CCNC(=NCC(C)C)NCC1CCS(=O)(=O)C1. The molecule has 108 valence electrons. The Morgan fingerprint density at radius 2 is 2.21 bits per heavy atom. The Morgan fingerprint density at radius 3 is 2.74 bits per heavy atom. The maximum Gasteiger partial charge on any atom is 0.192 e. The summed E-state index contributed by atoms with van der Waals surface area (Å²) in [7, 11) is -2.82. The van der Waals surface area contributed by atoms with E-state index in [2.05, 4.69) is 35.4 Å². The van der Waals surface area contributed by atoms with Crippen molar-refractivity contribution in [3.63, 3.8) is 0 Å². The van der Waals surface area contributed by atoms with E-state index < -0.39 is 9.84 Å². The Balaban J connectivity index is 2.44. The highest BCUT2D eigenvalue weighted by Gasteiger charge is 2.27. The Hall–Kier alpha value is -1.22. The van der Waals surface area contributed by atoms with Gasteiger partial charge < -0.3 is 10.6 Å². The first-order valence-electron chi connectivity index (χ1n) is 6.59. The molecule has 0 aromatic heterocycles. The van der Waals surface area contributed by atoms with E-state index in [4.69, 9.17) is 6.42 Å². The molecule has 1 rings (SSSR count). The zero-order valence-corrected chi connectivity index (χ0v) is 12.5. The standard InChI is InChI=1S/C13H23N3O2S/c1-4-6-14-13(15-8-11(2)3)16-9-12-5-7-19(17,18)10-12/h1,11-12H,5-10H2,2-3H3,(H2,14,15,16). The lowest BCUT2D eigenvalue weighted by atomic mass is 10.1. The highest BCUT2D eigenvalue weighted by Crippen LogP contribution is 2.17. The molecule has 0 radical (unpaired) electrons. The molecule has 6 heteroatoms. The van der Waals surface area contributed by atoms with Gasteiger partial charge in [-0.15, -0.1) is 6.42 Å². The molecule has 0 aliphatic carbocycles. The molecule has 1 saturated heterocycles. The van der Waals surface area contributed by atoms with Gasteiger partial charge in [0.05, 0.1) is 18.1 Å². The molecule has 2 N–H and O–H groups in total. The monoisotopic (exact) mass is 285 g/mol. The molecular formula is C13H23N3O2S. The average molecular weight is 285 g/mol. The number of nitrogens with one attached hydrogen (secondary N) is 2. The summed E-state index contributed by atoms with van der Waals surface area (Å²) in [4.78, 5) is 4.41. The summed E-state index contributed by atoms with van der Waals surface area (Å²) in [5.41, 5.74) is 0. The first-order chi connectivity index (χ1) is 8.93. The third kappa shape index (κ3) is 6.48. The fourth-order valence-corrected chi connectivity index (χ4v) is 3.72. The van der Waals surface area contributed by atoms with Crippen LogP contribution in [0, 0.1) is 24.2 Å². The van der Waals surface area contributed by atoms with E-state index in [-0.39, 0.29) is 11.7 Å². The summed E-state index contributed by atoms with van der Waals surface area (Å²) in [5, 5.41) is 6.19. The van der Waals surface area contributed by atoms with E-state index in [1.807, 2.05) is 0 Å². The highest BCUT2D eigenvalue weighted by atomic mass is 32.2. The minimum absolute atomic E-state index is 0.168. The molecule has 1 unspecified atom stereocenters. The number of guanidine groups is 1. The number of rotatable bonds is 5. The van der Waals surface area contributed by atoms with Crippen LogP contribution in [0.3, 0.4) is 0 Å². The Bertz CT molecular complexity index is 449. The average Bonchev–Trinajstić information content (AvgIpc) is 2.68. The van der Waals surface area contributed by atoms with Crippen molar-refractivity contribution in [2.75, 3.05) is 31.1 Å². The lowest BCUT2D eigenvalue weighted by Gasteiger charge is -2.14. The predicted octanol–water partition coefficient (Wildman–Crippen LogP) is 0.246. The largest absolute Gasteiger partial charge is 0.356 e. The first-order valence-corrected chi connectivity index (χ1v) is 8.41. The first kappa shape index (κ1) is 15.8. The quantitative estimate of drug-likeness (QED) is 0.431. The molecular weight excluding hydrogens is 262 g/mol. The molecule has 1 fully saturated rings. The Labute approximate surface area is 116 Å². The van der Waals surface area contributed by atoms with Gasteiger partial charge in [-0.05, 0) is 18.3 Å². The van der Waals surface area contributed by atoms with Gasteiger partial charge >= 0.3 is 0 Å². The van der Waals surface area contributed by atoms with Gasteiger partial charge in [0.25, 0.3) is 0 Å².